The number of hydrogen-bond acceptors (Lipinski definition) is 2. The van der Waals surface area contributed by atoms with Crippen LogP contribution in [0.1, 0.15) is 25.0 Å². The quantitative estimate of drug-likeness (QED) is 0.173. The summed E-state index contributed by atoms with van der Waals surface area (Å²) < 4.78 is 2.69. The van der Waals surface area contributed by atoms with Crippen LogP contribution in [-0.4, -0.2) is 0 Å². The molecule has 0 amide bonds. The maximum absolute atomic E-state index is 2.44. The molecule has 0 saturated carbocycles. The Morgan fingerprint density at radius 3 is 1.96 bits per heavy atom. The fraction of sp³-hybridized carbons (Fsp3) is 0.0638. The predicted octanol–water partition coefficient (Wildman–Crippen LogP) is 13.8. The van der Waals surface area contributed by atoms with Gasteiger partial charge in [-0.15, -0.1) is 11.3 Å². The zero-order chi connectivity index (χ0) is 32.7. The molecule has 9 aromatic rings. The molecule has 0 atom stereocenters. The molecule has 0 saturated heterocycles. The molecule has 1 aliphatic rings. The molecule has 0 unspecified atom stereocenters. The van der Waals surface area contributed by atoms with Crippen LogP contribution >= 0.6 is 11.3 Å². The highest BCUT2D eigenvalue weighted by Crippen LogP contribution is 2.51. The molecule has 1 aliphatic carbocycles. The average molecular weight is 644 g/mol. The van der Waals surface area contributed by atoms with Crippen LogP contribution in [-0.2, 0) is 5.41 Å². The molecular formula is C47H33NS. The van der Waals surface area contributed by atoms with E-state index in [1.54, 1.807) is 0 Å². The van der Waals surface area contributed by atoms with Crippen LogP contribution in [0.15, 0.2) is 164 Å². The minimum atomic E-state index is -0.0376. The van der Waals surface area contributed by atoms with Gasteiger partial charge in [0.05, 0.1) is 0 Å². The molecule has 0 N–H and O–H groups in total. The molecule has 8 aromatic carbocycles. The van der Waals surface area contributed by atoms with Gasteiger partial charge in [0, 0.05) is 48.0 Å². The van der Waals surface area contributed by atoms with Crippen LogP contribution in [0.3, 0.4) is 0 Å². The average Bonchev–Trinajstić information content (AvgIpc) is 3.64. The Labute approximate surface area is 290 Å². The molecule has 232 valence electrons. The Morgan fingerprint density at radius 1 is 0.449 bits per heavy atom. The second-order valence-electron chi connectivity index (χ2n) is 13.8. The second-order valence-corrected chi connectivity index (χ2v) is 14.8. The number of hydrogen-bond donors (Lipinski definition) is 0. The fourth-order valence-corrected chi connectivity index (χ4v) is 9.45. The summed E-state index contributed by atoms with van der Waals surface area (Å²) in [7, 11) is 0. The topological polar surface area (TPSA) is 3.24 Å². The molecule has 0 bridgehead atoms. The monoisotopic (exact) mass is 643 g/mol. The van der Waals surface area contributed by atoms with Crippen molar-refractivity contribution < 1.29 is 0 Å². The summed E-state index contributed by atoms with van der Waals surface area (Å²) in [4.78, 5) is 2.44. The van der Waals surface area contributed by atoms with Gasteiger partial charge in [-0.2, -0.15) is 0 Å². The van der Waals surface area contributed by atoms with Crippen LogP contribution in [0.25, 0.3) is 64.0 Å². The fourth-order valence-electron chi connectivity index (χ4n) is 8.17. The van der Waals surface area contributed by atoms with Crippen molar-refractivity contribution in [1.82, 2.24) is 0 Å². The second kappa shape index (κ2) is 10.7. The third kappa shape index (κ3) is 4.31. The van der Waals surface area contributed by atoms with Crippen molar-refractivity contribution in [2.45, 2.75) is 19.3 Å². The highest BCUT2D eigenvalue weighted by atomic mass is 32.1. The summed E-state index contributed by atoms with van der Waals surface area (Å²) >= 11 is 1.91. The SMILES string of the molecule is CC1(C)c2ccccc2-c2cc(N(c3ccc(-c4ccccc4)cc3)c3ccc4ccc5ccc6c7ccccc7sc6c5c4c3)ccc21. The Kier molecular flexibility index (Phi) is 6.16. The first-order chi connectivity index (χ1) is 24.0. The van der Waals surface area contributed by atoms with E-state index in [0.717, 1.165) is 17.1 Å². The van der Waals surface area contributed by atoms with Crippen molar-refractivity contribution in [2.75, 3.05) is 4.90 Å². The van der Waals surface area contributed by atoms with Gasteiger partial charge >= 0.3 is 0 Å². The van der Waals surface area contributed by atoms with E-state index in [-0.39, 0.29) is 5.41 Å². The lowest BCUT2D eigenvalue weighted by Crippen LogP contribution is -2.15. The van der Waals surface area contributed by atoms with Gasteiger partial charge in [0.25, 0.3) is 0 Å². The van der Waals surface area contributed by atoms with Gasteiger partial charge in [-0.3, -0.25) is 0 Å². The van der Waals surface area contributed by atoms with Crippen LogP contribution in [0.4, 0.5) is 17.1 Å². The van der Waals surface area contributed by atoms with Crippen LogP contribution in [0, 0.1) is 0 Å². The Morgan fingerprint density at radius 2 is 1.08 bits per heavy atom. The Hall–Kier alpha value is -5.70. The van der Waals surface area contributed by atoms with E-state index in [0.29, 0.717) is 0 Å². The number of thiophene rings is 1. The molecule has 10 rings (SSSR count). The van der Waals surface area contributed by atoms with Gasteiger partial charge < -0.3 is 4.90 Å². The summed E-state index contributed by atoms with van der Waals surface area (Å²) in [6, 6.07) is 60.6. The Bertz CT molecular complexity index is 2730. The van der Waals surface area contributed by atoms with Crippen molar-refractivity contribution in [3.8, 4) is 22.3 Å². The first-order valence-corrected chi connectivity index (χ1v) is 17.8. The molecule has 2 heteroatoms. The van der Waals surface area contributed by atoms with Gasteiger partial charge in [-0.05, 0) is 92.0 Å². The molecular weight excluding hydrogens is 611 g/mol. The highest BCUT2D eigenvalue weighted by molar-refractivity contribution is 7.26. The maximum Gasteiger partial charge on any atom is 0.0468 e. The van der Waals surface area contributed by atoms with E-state index in [2.05, 4.69) is 183 Å². The largest absolute Gasteiger partial charge is 0.310 e. The van der Waals surface area contributed by atoms with E-state index in [4.69, 9.17) is 0 Å². The molecule has 1 nitrogen and oxygen atoms in total. The summed E-state index contributed by atoms with van der Waals surface area (Å²) in [5.74, 6) is 0. The number of fused-ring (bicyclic) bond motifs is 10. The number of nitrogens with zero attached hydrogens (tertiary/aromatic N) is 1. The number of benzene rings is 8. The van der Waals surface area contributed by atoms with Crippen LogP contribution in [0.5, 0.6) is 0 Å². The molecule has 0 aliphatic heterocycles. The minimum absolute atomic E-state index is 0.0376. The number of rotatable bonds is 4. The zero-order valence-corrected chi connectivity index (χ0v) is 28.3. The van der Waals surface area contributed by atoms with E-state index in [1.807, 2.05) is 11.3 Å². The first-order valence-electron chi connectivity index (χ1n) is 17.0. The zero-order valence-electron chi connectivity index (χ0n) is 27.4. The molecule has 49 heavy (non-hydrogen) atoms. The third-order valence-electron chi connectivity index (χ3n) is 10.6. The van der Waals surface area contributed by atoms with Gasteiger partial charge in [-0.1, -0.05) is 135 Å². The molecule has 1 aromatic heterocycles. The normalized spacial score (nSPS) is 13.3. The van der Waals surface area contributed by atoms with E-state index in [1.165, 1.54) is 75.1 Å². The molecule has 1 heterocycles. The molecule has 0 spiro atoms. The lowest BCUT2D eigenvalue weighted by Gasteiger charge is -2.28. The van der Waals surface area contributed by atoms with Crippen LogP contribution < -0.4 is 4.90 Å². The van der Waals surface area contributed by atoms with E-state index >= 15 is 0 Å². The lowest BCUT2D eigenvalue weighted by molar-refractivity contribution is 0.660. The van der Waals surface area contributed by atoms with E-state index < -0.39 is 0 Å². The summed E-state index contributed by atoms with van der Waals surface area (Å²) in [5, 5.41) is 7.81. The third-order valence-corrected chi connectivity index (χ3v) is 11.8. The van der Waals surface area contributed by atoms with Gasteiger partial charge in [0.1, 0.15) is 0 Å². The minimum Gasteiger partial charge on any atom is -0.310 e. The van der Waals surface area contributed by atoms with E-state index in [9.17, 15) is 0 Å². The predicted molar refractivity (Wildman–Crippen MR) is 212 cm³/mol. The van der Waals surface area contributed by atoms with Crippen molar-refractivity contribution in [1.29, 1.82) is 0 Å². The van der Waals surface area contributed by atoms with Crippen LogP contribution in [0.2, 0.25) is 0 Å². The summed E-state index contributed by atoms with van der Waals surface area (Å²) in [6.07, 6.45) is 0. The van der Waals surface area contributed by atoms with Gasteiger partial charge in [-0.25, -0.2) is 0 Å². The lowest BCUT2D eigenvalue weighted by atomic mass is 9.82. The maximum atomic E-state index is 2.44. The summed E-state index contributed by atoms with van der Waals surface area (Å²) in [5.41, 5.74) is 11.3. The number of anilines is 3. The van der Waals surface area contributed by atoms with Crippen molar-refractivity contribution in [3.05, 3.63) is 175 Å². The van der Waals surface area contributed by atoms with Crippen molar-refractivity contribution in [3.63, 3.8) is 0 Å². The Balaban J connectivity index is 1.21. The van der Waals surface area contributed by atoms with Crippen molar-refractivity contribution in [2.24, 2.45) is 0 Å². The highest BCUT2D eigenvalue weighted by Gasteiger charge is 2.35. The molecule has 0 fully saturated rings. The van der Waals surface area contributed by atoms with Gasteiger partial charge in [0.15, 0.2) is 0 Å². The smallest absolute Gasteiger partial charge is 0.0468 e. The van der Waals surface area contributed by atoms with Gasteiger partial charge in [0.2, 0.25) is 0 Å². The standard InChI is InChI=1S/C47H33NS/c1-47(2)42-14-8-6-12-37(42)41-29-36(25-27-43(41)47)48(34-22-18-31(19-23-34)30-10-4-3-5-11-30)35-24-20-32-16-17-33-21-26-39-38-13-7-9-15-44(38)49-46(39)45(33)40(32)28-35/h3-29H,1-2H3. The summed E-state index contributed by atoms with van der Waals surface area (Å²) in [6.45, 7) is 4.70. The molecule has 0 radical (unpaired) electrons. The first kappa shape index (κ1) is 28.3. The van der Waals surface area contributed by atoms with Crippen molar-refractivity contribution >= 4 is 70.1 Å².